The molecule has 1 N–H and O–H groups in total. The summed E-state index contributed by atoms with van der Waals surface area (Å²) in [5.41, 5.74) is 1.56. The van der Waals surface area contributed by atoms with Crippen LogP contribution in [0, 0.1) is 0 Å². The number of rotatable bonds is 6. The lowest BCUT2D eigenvalue weighted by Crippen LogP contribution is -2.40. The van der Waals surface area contributed by atoms with Crippen molar-refractivity contribution in [3.05, 3.63) is 95.6 Å². The fraction of sp³-hybridized carbons (Fsp3) is 0.167. The van der Waals surface area contributed by atoms with Crippen LogP contribution in [0.5, 0.6) is 0 Å². The van der Waals surface area contributed by atoms with Crippen LogP contribution in [-0.4, -0.2) is 50.7 Å². The Labute approximate surface area is 186 Å². The highest BCUT2D eigenvalue weighted by Gasteiger charge is 2.26. The number of ether oxygens (including phenoxy) is 1. The molecule has 0 radical (unpaired) electrons. The second kappa shape index (κ2) is 9.44. The molecule has 4 rings (SSSR count). The number of hydrogen-bond donors (Lipinski definition) is 1. The number of para-hydroxylation sites is 1. The highest BCUT2D eigenvalue weighted by atomic mass is 32.2. The molecule has 0 aliphatic carbocycles. The summed E-state index contributed by atoms with van der Waals surface area (Å²) in [5.74, 6) is -0.637. The second-order valence-corrected chi connectivity index (χ2v) is 9.17. The van der Waals surface area contributed by atoms with Crippen LogP contribution in [0.2, 0.25) is 0 Å². The molecule has 1 heterocycles. The van der Waals surface area contributed by atoms with Crippen molar-refractivity contribution in [1.29, 1.82) is 0 Å². The molecule has 0 spiro atoms. The fourth-order valence-electron chi connectivity index (χ4n) is 3.44. The first-order valence-corrected chi connectivity index (χ1v) is 11.6. The van der Waals surface area contributed by atoms with Crippen molar-refractivity contribution in [2.75, 3.05) is 31.6 Å². The maximum atomic E-state index is 12.9. The number of ketones is 1. The van der Waals surface area contributed by atoms with E-state index in [9.17, 15) is 18.0 Å². The van der Waals surface area contributed by atoms with E-state index < -0.39 is 15.9 Å². The van der Waals surface area contributed by atoms with Gasteiger partial charge in [-0.25, -0.2) is 8.42 Å². The van der Waals surface area contributed by atoms with Crippen molar-refractivity contribution in [1.82, 2.24) is 4.31 Å². The molecule has 0 unspecified atom stereocenters. The number of carbonyl (C=O) groups is 2. The van der Waals surface area contributed by atoms with Gasteiger partial charge in [-0.2, -0.15) is 4.31 Å². The van der Waals surface area contributed by atoms with Crippen molar-refractivity contribution in [2.24, 2.45) is 0 Å². The monoisotopic (exact) mass is 450 g/mol. The van der Waals surface area contributed by atoms with Gasteiger partial charge in [0.15, 0.2) is 5.78 Å². The number of carbonyl (C=O) groups excluding carboxylic acids is 2. The summed E-state index contributed by atoms with van der Waals surface area (Å²) in [5, 5.41) is 2.76. The van der Waals surface area contributed by atoms with Gasteiger partial charge in [0.1, 0.15) is 0 Å². The van der Waals surface area contributed by atoms with E-state index >= 15 is 0 Å². The van der Waals surface area contributed by atoms with E-state index in [1.807, 2.05) is 6.07 Å². The van der Waals surface area contributed by atoms with Crippen molar-refractivity contribution in [3.63, 3.8) is 0 Å². The molecule has 3 aromatic rings. The zero-order chi connectivity index (χ0) is 22.6. The molecule has 0 aromatic heterocycles. The number of nitrogens with one attached hydrogen (secondary N) is 1. The van der Waals surface area contributed by atoms with Crippen LogP contribution >= 0.6 is 0 Å². The first kappa shape index (κ1) is 21.9. The van der Waals surface area contributed by atoms with E-state index in [0.29, 0.717) is 43.1 Å². The molecule has 32 heavy (non-hydrogen) atoms. The third kappa shape index (κ3) is 4.62. The van der Waals surface area contributed by atoms with E-state index in [-0.39, 0.29) is 16.2 Å². The average Bonchev–Trinajstić information content (AvgIpc) is 2.85. The normalized spacial score (nSPS) is 14.6. The molecule has 164 valence electrons. The van der Waals surface area contributed by atoms with Gasteiger partial charge in [-0.3, -0.25) is 9.59 Å². The molecule has 1 aliphatic heterocycles. The van der Waals surface area contributed by atoms with Gasteiger partial charge in [0, 0.05) is 29.8 Å². The van der Waals surface area contributed by atoms with Gasteiger partial charge >= 0.3 is 0 Å². The Balaban J connectivity index is 1.52. The average molecular weight is 451 g/mol. The van der Waals surface area contributed by atoms with Gasteiger partial charge in [0.25, 0.3) is 5.91 Å². The fourth-order valence-corrected chi connectivity index (χ4v) is 4.85. The number of morpholine rings is 1. The SMILES string of the molecule is O=C(Nc1ccccc1C(=O)c1ccccc1)c1ccc(S(=O)(=O)N2CCOCC2)cc1. The van der Waals surface area contributed by atoms with Gasteiger partial charge in [0.05, 0.1) is 23.8 Å². The molecule has 1 aliphatic rings. The van der Waals surface area contributed by atoms with E-state index in [4.69, 9.17) is 4.74 Å². The smallest absolute Gasteiger partial charge is 0.255 e. The van der Waals surface area contributed by atoms with E-state index in [2.05, 4.69) is 5.32 Å². The van der Waals surface area contributed by atoms with E-state index in [0.717, 1.165) is 0 Å². The van der Waals surface area contributed by atoms with Gasteiger partial charge in [-0.15, -0.1) is 0 Å². The highest BCUT2D eigenvalue weighted by Crippen LogP contribution is 2.22. The molecule has 0 bridgehead atoms. The summed E-state index contributed by atoms with van der Waals surface area (Å²) >= 11 is 0. The molecule has 8 heteroatoms. The Bertz CT molecular complexity index is 1220. The van der Waals surface area contributed by atoms with Crippen molar-refractivity contribution in [2.45, 2.75) is 4.90 Å². The number of benzene rings is 3. The van der Waals surface area contributed by atoms with Crippen molar-refractivity contribution in [3.8, 4) is 0 Å². The van der Waals surface area contributed by atoms with Gasteiger partial charge in [-0.05, 0) is 36.4 Å². The Morgan fingerprint density at radius 3 is 2.09 bits per heavy atom. The van der Waals surface area contributed by atoms with Crippen LogP contribution < -0.4 is 5.32 Å². The summed E-state index contributed by atoms with van der Waals surface area (Å²) in [7, 11) is -3.64. The first-order valence-electron chi connectivity index (χ1n) is 10.1. The first-order chi connectivity index (χ1) is 15.5. The minimum Gasteiger partial charge on any atom is -0.379 e. The maximum Gasteiger partial charge on any atom is 0.255 e. The van der Waals surface area contributed by atoms with Crippen LogP contribution in [0.4, 0.5) is 5.69 Å². The lowest BCUT2D eigenvalue weighted by atomic mass is 10.0. The molecule has 1 saturated heterocycles. The predicted octanol–water partition coefficient (Wildman–Crippen LogP) is 3.19. The van der Waals surface area contributed by atoms with Crippen LogP contribution in [0.3, 0.4) is 0 Å². The Kier molecular flexibility index (Phi) is 6.45. The molecule has 3 aromatic carbocycles. The minimum atomic E-state index is -3.64. The Morgan fingerprint density at radius 1 is 0.781 bits per heavy atom. The summed E-state index contributed by atoms with van der Waals surface area (Å²) in [4.78, 5) is 25.8. The third-order valence-electron chi connectivity index (χ3n) is 5.18. The van der Waals surface area contributed by atoms with Crippen LogP contribution in [0.1, 0.15) is 26.3 Å². The highest BCUT2D eigenvalue weighted by molar-refractivity contribution is 7.89. The lowest BCUT2D eigenvalue weighted by Gasteiger charge is -2.26. The quantitative estimate of drug-likeness (QED) is 0.583. The van der Waals surface area contributed by atoms with Crippen molar-refractivity contribution < 1.29 is 22.7 Å². The lowest BCUT2D eigenvalue weighted by molar-refractivity contribution is 0.0730. The summed E-state index contributed by atoms with van der Waals surface area (Å²) in [6.45, 7) is 1.33. The van der Waals surface area contributed by atoms with E-state index in [1.54, 1.807) is 48.5 Å². The summed E-state index contributed by atoms with van der Waals surface area (Å²) < 4.78 is 32.1. The topological polar surface area (TPSA) is 92.8 Å². The number of sulfonamides is 1. The summed E-state index contributed by atoms with van der Waals surface area (Å²) in [6.07, 6.45) is 0. The second-order valence-electron chi connectivity index (χ2n) is 7.24. The largest absolute Gasteiger partial charge is 0.379 e. The van der Waals surface area contributed by atoms with Gasteiger partial charge in [-0.1, -0.05) is 42.5 Å². The minimum absolute atomic E-state index is 0.121. The molecular weight excluding hydrogens is 428 g/mol. The number of anilines is 1. The number of nitrogens with zero attached hydrogens (tertiary/aromatic N) is 1. The predicted molar refractivity (Wildman–Crippen MR) is 120 cm³/mol. The zero-order valence-electron chi connectivity index (χ0n) is 17.2. The Hall–Kier alpha value is -3.33. The van der Waals surface area contributed by atoms with Crippen LogP contribution in [0.25, 0.3) is 0 Å². The van der Waals surface area contributed by atoms with Crippen molar-refractivity contribution >= 4 is 27.4 Å². The van der Waals surface area contributed by atoms with Gasteiger partial charge in [0.2, 0.25) is 10.0 Å². The van der Waals surface area contributed by atoms with E-state index in [1.165, 1.54) is 28.6 Å². The zero-order valence-corrected chi connectivity index (χ0v) is 18.0. The third-order valence-corrected chi connectivity index (χ3v) is 7.09. The molecular formula is C24H22N2O5S. The summed E-state index contributed by atoms with van der Waals surface area (Å²) in [6, 6.07) is 21.4. The molecule has 7 nitrogen and oxygen atoms in total. The van der Waals surface area contributed by atoms with Crippen LogP contribution in [0.15, 0.2) is 83.8 Å². The molecule has 0 atom stereocenters. The molecule has 0 saturated carbocycles. The van der Waals surface area contributed by atoms with Gasteiger partial charge < -0.3 is 10.1 Å². The Morgan fingerprint density at radius 2 is 1.41 bits per heavy atom. The standard InChI is InChI=1S/C24H22N2O5S/c27-23(18-6-2-1-3-7-18)21-8-4-5-9-22(21)25-24(28)19-10-12-20(13-11-19)32(29,30)26-14-16-31-17-15-26/h1-13H,14-17H2,(H,25,28). The number of amides is 1. The van der Waals surface area contributed by atoms with Crippen LogP contribution in [-0.2, 0) is 14.8 Å². The molecule has 1 amide bonds. The maximum absolute atomic E-state index is 12.9. The number of hydrogen-bond acceptors (Lipinski definition) is 5. The molecule has 1 fully saturated rings.